The molecule has 0 saturated carbocycles. The average Bonchev–Trinajstić information content (AvgIpc) is 2.11. The fourth-order valence-electron chi connectivity index (χ4n) is 0.868. The maximum absolute atomic E-state index is 12.7. The van der Waals surface area contributed by atoms with Gasteiger partial charge < -0.3 is 15.4 Å². The van der Waals surface area contributed by atoms with Gasteiger partial charge in [0.15, 0.2) is 17.3 Å². The van der Waals surface area contributed by atoms with Crippen molar-refractivity contribution < 1.29 is 24.2 Å². The van der Waals surface area contributed by atoms with E-state index in [2.05, 4.69) is 0 Å². The van der Waals surface area contributed by atoms with E-state index >= 15 is 0 Å². The lowest BCUT2D eigenvalue weighted by Crippen LogP contribution is -2.07. The van der Waals surface area contributed by atoms with Crippen molar-refractivity contribution in [1.82, 2.24) is 5.48 Å². The molecule has 72 valence electrons. The number of halogens is 2. The maximum atomic E-state index is 12.7. The minimum atomic E-state index is -1.44. The molecule has 4 N–H and O–H groups in total. The lowest BCUT2D eigenvalue weighted by molar-refractivity contribution is 0.159. The van der Waals surface area contributed by atoms with Crippen LogP contribution >= 0.6 is 0 Å². The van der Waals surface area contributed by atoms with Crippen LogP contribution in [0.4, 0.5) is 8.78 Å². The zero-order chi connectivity index (χ0) is 10.0. The number of aromatic hydroxyl groups is 2. The number of nitrogens with one attached hydrogen (secondary N) is 1. The smallest absolute Gasteiger partial charge is 0.209 e. The Bertz CT molecular complexity index is 330. The molecule has 0 atom stereocenters. The summed E-state index contributed by atoms with van der Waals surface area (Å²) in [7, 11) is 0. The van der Waals surface area contributed by atoms with Gasteiger partial charge >= 0.3 is 0 Å². The van der Waals surface area contributed by atoms with Gasteiger partial charge in [0.05, 0.1) is 0 Å². The lowest BCUT2D eigenvalue weighted by atomic mass is 10.1. The van der Waals surface area contributed by atoms with Gasteiger partial charge in [0.2, 0.25) is 5.82 Å². The van der Waals surface area contributed by atoms with E-state index < -0.39 is 23.1 Å². The third kappa shape index (κ3) is 1.68. The number of phenolic OH excluding ortho intramolecular Hbond substituents is 2. The normalized spacial score (nSPS) is 10.4. The van der Waals surface area contributed by atoms with Gasteiger partial charge in [-0.25, -0.2) is 9.87 Å². The molecule has 0 aromatic heterocycles. The standard InChI is InChI=1S/C7H7F2NO3/c8-4-1-3(2-10-13)6(11)5(9)7(4)12/h1,10-13H,2H2. The van der Waals surface area contributed by atoms with Crippen molar-refractivity contribution in [2.45, 2.75) is 6.54 Å². The molecule has 0 amide bonds. The molecule has 13 heavy (non-hydrogen) atoms. The number of hydrogen-bond acceptors (Lipinski definition) is 4. The molecular formula is C7H7F2NO3. The number of benzene rings is 1. The molecule has 1 aromatic rings. The lowest BCUT2D eigenvalue weighted by Gasteiger charge is -2.06. The number of phenols is 2. The molecule has 1 aromatic carbocycles. The molecule has 0 aliphatic rings. The van der Waals surface area contributed by atoms with Crippen LogP contribution in [0.1, 0.15) is 5.56 Å². The summed E-state index contributed by atoms with van der Waals surface area (Å²) < 4.78 is 25.4. The summed E-state index contributed by atoms with van der Waals surface area (Å²) in [6.45, 7) is -0.319. The molecule has 0 unspecified atom stereocenters. The summed E-state index contributed by atoms with van der Waals surface area (Å²) in [4.78, 5) is 0. The summed E-state index contributed by atoms with van der Waals surface area (Å²) in [5, 5.41) is 25.9. The van der Waals surface area contributed by atoms with E-state index in [1.807, 2.05) is 0 Å². The highest BCUT2D eigenvalue weighted by Crippen LogP contribution is 2.31. The Labute approximate surface area is 72.0 Å². The highest BCUT2D eigenvalue weighted by molar-refractivity contribution is 5.41. The van der Waals surface area contributed by atoms with Crippen molar-refractivity contribution in [2.75, 3.05) is 0 Å². The van der Waals surface area contributed by atoms with Crippen LogP contribution in [0.3, 0.4) is 0 Å². The minimum Gasteiger partial charge on any atom is -0.504 e. The van der Waals surface area contributed by atoms with E-state index in [1.165, 1.54) is 0 Å². The van der Waals surface area contributed by atoms with Gasteiger partial charge in [-0.15, -0.1) is 0 Å². The molecule has 1 rings (SSSR count). The average molecular weight is 191 g/mol. The first-order valence-electron chi connectivity index (χ1n) is 3.33. The summed E-state index contributed by atoms with van der Waals surface area (Å²) in [5.74, 6) is -4.76. The Morgan fingerprint density at radius 2 is 1.85 bits per heavy atom. The van der Waals surface area contributed by atoms with Crippen LogP contribution in [0.25, 0.3) is 0 Å². The number of rotatable bonds is 2. The Morgan fingerprint density at radius 1 is 1.23 bits per heavy atom. The molecule has 0 bridgehead atoms. The van der Waals surface area contributed by atoms with E-state index in [-0.39, 0.29) is 12.1 Å². The maximum Gasteiger partial charge on any atom is 0.209 e. The first kappa shape index (κ1) is 9.69. The van der Waals surface area contributed by atoms with Crippen LogP contribution in [0, 0.1) is 11.6 Å². The molecule has 0 fully saturated rings. The molecule has 0 spiro atoms. The topological polar surface area (TPSA) is 72.7 Å². The number of hydroxylamine groups is 1. The highest BCUT2D eigenvalue weighted by Gasteiger charge is 2.16. The second-order valence-corrected chi connectivity index (χ2v) is 2.36. The van der Waals surface area contributed by atoms with E-state index in [9.17, 15) is 8.78 Å². The van der Waals surface area contributed by atoms with Gasteiger partial charge in [-0.3, -0.25) is 0 Å². The van der Waals surface area contributed by atoms with Crippen LogP contribution in [0.2, 0.25) is 0 Å². The Kier molecular flexibility index (Phi) is 2.64. The molecule has 6 heteroatoms. The number of hydrogen-bond donors (Lipinski definition) is 4. The first-order valence-corrected chi connectivity index (χ1v) is 3.33. The predicted molar refractivity (Wildman–Crippen MR) is 38.3 cm³/mol. The summed E-state index contributed by atoms with van der Waals surface area (Å²) in [5.41, 5.74) is 1.44. The van der Waals surface area contributed by atoms with E-state index in [1.54, 1.807) is 5.48 Å². The SMILES string of the molecule is ONCc1cc(F)c(O)c(F)c1O. The summed E-state index contributed by atoms with van der Waals surface area (Å²) >= 11 is 0. The van der Waals surface area contributed by atoms with Crippen molar-refractivity contribution in [2.24, 2.45) is 0 Å². The van der Waals surface area contributed by atoms with Crippen LogP contribution in [0.15, 0.2) is 6.07 Å². The van der Waals surface area contributed by atoms with Crippen molar-refractivity contribution in [1.29, 1.82) is 0 Å². The van der Waals surface area contributed by atoms with Crippen LogP contribution in [-0.2, 0) is 6.54 Å². The van der Waals surface area contributed by atoms with Crippen molar-refractivity contribution in [3.63, 3.8) is 0 Å². The van der Waals surface area contributed by atoms with E-state index in [0.29, 0.717) is 0 Å². The molecule has 0 aliphatic heterocycles. The van der Waals surface area contributed by atoms with E-state index in [4.69, 9.17) is 15.4 Å². The summed E-state index contributed by atoms with van der Waals surface area (Å²) in [6.07, 6.45) is 0. The first-order chi connectivity index (χ1) is 6.07. The monoisotopic (exact) mass is 191 g/mol. The minimum absolute atomic E-state index is 0.185. The second-order valence-electron chi connectivity index (χ2n) is 2.36. The fourth-order valence-corrected chi connectivity index (χ4v) is 0.868. The van der Waals surface area contributed by atoms with Gasteiger partial charge in [0.1, 0.15) is 0 Å². The zero-order valence-electron chi connectivity index (χ0n) is 6.38. The van der Waals surface area contributed by atoms with Crippen LogP contribution < -0.4 is 5.48 Å². The second kappa shape index (κ2) is 3.55. The van der Waals surface area contributed by atoms with Gasteiger partial charge in [-0.2, -0.15) is 4.39 Å². The van der Waals surface area contributed by atoms with Gasteiger partial charge in [-0.05, 0) is 6.07 Å². The Balaban J connectivity index is 3.24. The molecule has 4 nitrogen and oxygen atoms in total. The van der Waals surface area contributed by atoms with Crippen molar-refractivity contribution in [3.8, 4) is 11.5 Å². The zero-order valence-corrected chi connectivity index (χ0v) is 6.38. The summed E-state index contributed by atoms with van der Waals surface area (Å²) in [6, 6.07) is 0.719. The molecule has 0 saturated heterocycles. The molecular weight excluding hydrogens is 184 g/mol. The van der Waals surface area contributed by atoms with Gasteiger partial charge in [0.25, 0.3) is 0 Å². The fraction of sp³-hybridized carbons (Fsp3) is 0.143. The third-order valence-electron chi connectivity index (χ3n) is 1.52. The van der Waals surface area contributed by atoms with E-state index in [0.717, 1.165) is 6.07 Å². The third-order valence-corrected chi connectivity index (χ3v) is 1.52. The quantitative estimate of drug-likeness (QED) is 0.523. The predicted octanol–water partition coefficient (Wildman–Crippen LogP) is 0.855. The van der Waals surface area contributed by atoms with Crippen LogP contribution in [-0.4, -0.2) is 15.4 Å². The highest BCUT2D eigenvalue weighted by atomic mass is 19.1. The Hall–Kier alpha value is -1.40. The molecule has 0 aliphatic carbocycles. The largest absolute Gasteiger partial charge is 0.504 e. The molecule has 0 radical (unpaired) electrons. The van der Waals surface area contributed by atoms with Crippen LogP contribution in [0.5, 0.6) is 11.5 Å². The van der Waals surface area contributed by atoms with Crippen molar-refractivity contribution >= 4 is 0 Å². The van der Waals surface area contributed by atoms with Crippen molar-refractivity contribution in [3.05, 3.63) is 23.3 Å². The Morgan fingerprint density at radius 3 is 2.38 bits per heavy atom. The molecule has 0 heterocycles. The van der Waals surface area contributed by atoms with Gasteiger partial charge in [-0.1, -0.05) is 0 Å². The van der Waals surface area contributed by atoms with Gasteiger partial charge in [0, 0.05) is 12.1 Å².